The molecule has 10 heteroatoms. The van der Waals surface area contributed by atoms with Gasteiger partial charge in [-0.3, -0.25) is 0 Å². The van der Waals surface area contributed by atoms with Crippen LogP contribution in [0.1, 0.15) is 54.0 Å². The largest absolute Gasteiger partial charge is 0.475 e. The zero-order chi connectivity index (χ0) is 21.8. The highest BCUT2D eigenvalue weighted by Gasteiger charge is 2.32. The average Bonchev–Trinajstić information content (AvgIpc) is 3.47. The highest BCUT2D eigenvalue weighted by molar-refractivity contribution is 7.91. The van der Waals surface area contributed by atoms with Crippen LogP contribution in [0.15, 0.2) is 21.5 Å². The Bertz CT molecular complexity index is 1180. The summed E-state index contributed by atoms with van der Waals surface area (Å²) in [6, 6.07) is 1.57. The Kier molecular flexibility index (Phi) is 5.03. The lowest BCUT2D eigenvalue weighted by atomic mass is 9.94. The van der Waals surface area contributed by atoms with E-state index in [1.165, 1.54) is 17.3 Å². The number of aryl methyl sites for hydroxylation is 2. The Balaban J connectivity index is 1.50. The highest BCUT2D eigenvalue weighted by Crippen LogP contribution is 2.44. The average molecular weight is 446 g/mol. The third kappa shape index (κ3) is 3.42. The first kappa shape index (κ1) is 20.5. The van der Waals surface area contributed by atoms with Crippen LogP contribution in [0.2, 0.25) is 0 Å². The lowest BCUT2D eigenvalue weighted by Crippen LogP contribution is -2.19. The quantitative estimate of drug-likeness (QED) is 0.749. The molecule has 1 aromatic heterocycles. The first-order chi connectivity index (χ1) is 14.9. The zero-order valence-electron chi connectivity index (χ0n) is 17.7. The second-order valence-corrected chi connectivity index (χ2v) is 10.3. The van der Waals surface area contributed by atoms with Crippen molar-refractivity contribution in [1.29, 1.82) is 0 Å². The van der Waals surface area contributed by atoms with E-state index in [2.05, 4.69) is 20.8 Å². The van der Waals surface area contributed by atoms with Crippen molar-refractivity contribution in [3.05, 3.63) is 34.5 Å². The Morgan fingerprint density at radius 1 is 1.42 bits per heavy atom. The molecule has 0 spiro atoms. The number of hydrogen-bond donors (Lipinski definition) is 2. The molecule has 2 amide bonds. The summed E-state index contributed by atoms with van der Waals surface area (Å²) < 4.78 is 29.6. The third-order valence-electron chi connectivity index (χ3n) is 6.43. The van der Waals surface area contributed by atoms with E-state index < -0.39 is 15.9 Å². The fourth-order valence-corrected chi connectivity index (χ4v) is 6.03. The number of carbonyl (C=O) groups is 1. The molecule has 3 atom stereocenters. The van der Waals surface area contributed by atoms with Crippen molar-refractivity contribution in [1.82, 2.24) is 9.78 Å². The Hall–Kier alpha value is -2.43. The minimum absolute atomic E-state index is 0.0139. The van der Waals surface area contributed by atoms with Crippen molar-refractivity contribution in [2.75, 3.05) is 25.6 Å². The molecule has 0 saturated heterocycles. The number of nitrogens with zero attached hydrogens (tertiary/aromatic N) is 3. The van der Waals surface area contributed by atoms with Crippen LogP contribution in [0, 0.1) is 0 Å². The molecule has 3 N–H and O–H groups in total. The van der Waals surface area contributed by atoms with Crippen LogP contribution in [0.5, 0.6) is 5.88 Å². The van der Waals surface area contributed by atoms with Crippen molar-refractivity contribution in [2.24, 2.45) is 9.50 Å². The molecular formula is C21H27N5O4S. The molecule has 166 valence electrons. The van der Waals surface area contributed by atoms with Crippen molar-refractivity contribution in [3.63, 3.8) is 0 Å². The first-order valence-electron chi connectivity index (χ1n) is 10.6. The summed E-state index contributed by atoms with van der Waals surface area (Å²) in [5.41, 5.74) is 5.61. The number of fused-ring (bicyclic) bond motifs is 3. The van der Waals surface area contributed by atoms with E-state index >= 15 is 0 Å². The van der Waals surface area contributed by atoms with Crippen LogP contribution >= 0.6 is 0 Å². The maximum absolute atomic E-state index is 13.1. The predicted octanol–water partition coefficient (Wildman–Crippen LogP) is 2.93. The Labute approximate surface area is 181 Å². The molecule has 0 saturated carbocycles. The summed E-state index contributed by atoms with van der Waals surface area (Å²) in [6.45, 7) is 2.95. The summed E-state index contributed by atoms with van der Waals surface area (Å²) in [5.74, 6) is 0.537. The van der Waals surface area contributed by atoms with Gasteiger partial charge in [0.2, 0.25) is 5.88 Å². The van der Waals surface area contributed by atoms with Gasteiger partial charge in [-0.05, 0) is 61.3 Å². The molecule has 0 unspecified atom stereocenters. The molecule has 1 aromatic carbocycles. The van der Waals surface area contributed by atoms with Crippen molar-refractivity contribution >= 4 is 21.6 Å². The van der Waals surface area contributed by atoms with Gasteiger partial charge in [-0.25, -0.2) is 18.8 Å². The molecule has 31 heavy (non-hydrogen) atoms. The van der Waals surface area contributed by atoms with Gasteiger partial charge in [0.1, 0.15) is 11.5 Å². The summed E-state index contributed by atoms with van der Waals surface area (Å²) in [4.78, 5) is 13.1. The zero-order valence-corrected chi connectivity index (χ0v) is 18.5. The lowest BCUT2D eigenvalue weighted by Gasteiger charge is -2.19. The molecule has 1 aliphatic heterocycles. The monoisotopic (exact) mass is 445 g/mol. The lowest BCUT2D eigenvalue weighted by molar-refractivity contribution is 0.179. The van der Waals surface area contributed by atoms with E-state index in [-0.39, 0.29) is 16.9 Å². The number of ether oxygens (including phenoxy) is 2. The van der Waals surface area contributed by atoms with Crippen molar-refractivity contribution in [3.8, 4) is 5.88 Å². The van der Waals surface area contributed by atoms with E-state index in [0.717, 1.165) is 48.9 Å². The second-order valence-electron chi connectivity index (χ2n) is 8.52. The van der Waals surface area contributed by atoms with Crippen LogP contribution in [0.25, 0.3) is 0 Å². The van der Waals surface area contributed by atoms with Gasteiger partial charge in [-0.15, -0.1) is 4.36 Å². The summed E-state index contributed by atoms with van der Waals surface area (Å²) in [5, 5.41) is 13.1. The number of nitrogens with two attached hydrogens (primary N) is 1. The van der Waals surface area contributed by atoms with Gasteiger partial charge in [-0.2, -0.15) is 5.10 Å². The molecule has 9 nitrogen and oxygen atoms in total. The molecule has 2 heterocycles. The van der Waals surface area contributed by atoms with E-state index in [1.807, 2.05) is 6.92 Å². The number of anilines is 1. The van der Waals surface area contributed by atoms with Gasteiger partial charge in [0.15, 0.2) is 9.92 Å². The number of carbonyl (C=O) groups excluding carboxylic acids is 1. The van der Waals surface area contributed by atoms with E-state index in [9.17, 15) is 9.00 Å². The standard InChI is InChI=1S/C21H27N5O4S/c1-12-10-30-20-17(9-23-26(12)20)31(22,28)25-21(27)24-19-16-5-3-4-13(16)8-14-6-7-15(11-29-2)18(14)19/h8-9,12,15H,3-7,10-11H2,1-2H3,(H3,22,24,25,27,28)/t12-,15+,31+/m1/s1. The van der Waals surface area contributed by atoms with Crippen molar-refractivity contribution < 1.29 is 18.5 Å². The number of aromatic nitrogens is 2. The van der Waals surface area contributed by atoms with Gasteiger partial charge in [0.05, 0.1) is 18.8 Å². The minimum Gasteiger partial charge on any atom is -0.475 e. The number of rotatable bonds is 4. The van der Waals surface area contributed by atoms with E-state index in [1.54, 1.807) is 11.8 Å². The fourth-order valence-electron chi connectivity index (χ4n) is 5.04. The minimum atomic E-state index is -3.51. The maximum atomic E-state index is 13.1. The molecule has 2 aliphatic carbocycles. The number of urea groups is 1. The molecular weight excluding hydrogens is 418 g/mol. The van der Waals surface area contributed by atoms with Gasteiger partial charge in [0, 0.05) is 18.7 Å². The maximum Gasteiger partial charge on any atom is 0.354 e. The SMILES string of the molecule is COC[C@@H]1CCc2cc3c(c(NC(=O)N=[S@](N)(=O)c4cnn5c4OC[C@H]5C)c21)CCC3. The number of benzene rings is 1. The van der Waals surface area contributed by atoms with Crippen LogP contribution < -0.4 is 15.2 Å². The number of hydrogen-bond acceptors (Lipinski definition) is 5. The fraction of sp³-hybridized carbons (Fsp3) is 0.524. The van der Waals surface area contributed by atoms with Gasteiger partial charge >= 0.3 is 6.03 Å². The summed E-state index contributed by atoms with van der Waals surface area (Å²) in [6.07, 6.45) is 6.28. The van der Waals surface area contributed by atoms with Crippen molar-refractivity contribution in [2.45, 2.75) is 55.9 Å². The Morgan fingerprint density at radius 3 is 3.06 bits per heavy atom. The Morgan fingerprint density at radius 2 is 2.26 bits per heavy atom. The second kappa shape index (κ2) is 7.61. The molecule has 0 fully saturated rings. The number of methoxy groups -OCH3 is 1. The van der Waals surface area contributed by atoms with E-state index in [4.69, 9.17) is 14.6 Å². The van der Waals surface area contributed by atoms with Gasteiger partial charge in [-0.1, -0.05) is 6.07 Å². The predicted molar refractivity (Wildman–Crippen MR) is 116 cm³/mol. The summed E-state index contributed by atoms with van der Waals surface area (Å²) >= 11 is 0. The normalized spacial score (nSPS) is 22.9. The molecule has 3 aliphatic rings. The van der Waals surface area contributed by atoms with Crippen LogP contribution in [-0.4, -0.2) is 40.3 Å². The molecule has 5 rings (SSSR count). The third-order valence-corrected chi connectivity index (χ3v) is 7.77. The van der Waals surface area contributed by atoms with Crippen LogP contribution in [0.4, 0.5) is 10.5 Å². The molecule has 0 bridgehead atoms. The first-order valence-corrected chi connectivity index (χ1v) is 12.2. The van der Waals surface area contributed by atoms with Gasteiger partial charge < -0.3 is 14.8 Å². The van der Waals surface area contributed by atoms with Crippen LogP contribution in [0.3, 0.4) is 0 Å². The van der Waals surface area contributed by atoms with Crippen LogP contribution in [-0.2, 0) is 33.9 Å². The smallest absolute Gasteiger partial charge is 0.354 e. The number of amides is 2. The highest BCUT2D eigenvalue weighted by atomic mass is 32.2. The van der Waals surface area contributed by atoms with E-state index in [0.29, 0.717) is 19.1 Å². The number of nitrogens with one attached hydrogen (secondary N) is 1. The van der Waals surface area contributed by atoms with Gasteiger partial charge in [0.25, 0.3) is 0 Å². The molecule has 0 radical (unpaired) electrons. The molecule has 2 aromatic rings. The summed E-state index contributed by atoms with van der Waals surface area (Å²) in [7, 11) is -1.82. The topological polar surface area (TPSA) is 121 Å².